The van der Waals surface area contributed by atoms with E-state index in [9.17, 15) is 4.79 Å². The Bertz CT molecular complexity index is 462. The molecule has 2 aromatic rings. The molecule has 1 N–H and O–H groups in total. The number of nitrogens with one attached hydrogen (secondary N) is 1. The van der Waals surface area contributed by atoms with Crippen molar-refractivity contribution in [3.63, 3.8) is 0 Å². The SMILES string of the molecule is COc1ccc2[nH]cc(CC=O)c2n1. The molecule has 14 heavy (non-hydrogen) atoms. The summed E-state index contributed by atoms with van der Waals surface area (Å²) in [6, 6.07) is 3.67. The van der Waals surface area contributed by atoms with Gasteiger partial charge in [-0.3, -0.25) is 0 Å². The third-order valence-electron chi connectivity index (χ3n) is 2.09. The van der Waals surface area contributed by atoms with Crippen molar-refractivity contribution in [2.45, 2.75) is 6.42 Å². The number of ether oxygens (including phenoxy) is 1. The summed E-state index contributed by atoms with van der Waals surface area (Å²) in [6.07, 6.45) is 3.04. The van der Waals surface area contributed by atoms with Crippen molar-refractivity contribution in [2.75, 3.05) is 7.11 Å². The lowest BCUT2D eigenvalue weighted by Crippen LogP contribution is -1.89. The first-order chi connectivity index (χ1) is 6.85. The van der Waals surface area contributed by atoms with Crippen molar-refractivity contribution in [1.82, 2.24) is 9.97 Å². The van der Waals surface area contributed by atoms with Crippen molar-refractivity contribution >= 4 is 17.3 Å². The van der Waals surface area contributed by atoms with Gasteiger partial charge in [0.2, 0.25) is 5.88 Å². The van der Waals surface area contributed by atoms with E-state index in [2.05, 4.69) is 9.97 Å². The number of aromatic amines is 1. The van der Waals surface area contributed by atoms with Crippen LogP contribution < -0.4 is 4.74 Å². The minimum Gasteiger partial charge on any atom is -0.481 e. The lowest BCUT2D eigenvalue weighted by atomic mass is 10.2. The number of fused-ring (bicyclic) bond motifs is 1. The Balaban J connectivity index is 2.57. The van der Waals surface area contributed by atoms with Crippen LogP contribution in [0.5, 0.6) is 5.88 Å². The largest absolute Gasteiger partial charge is 0.481 e. The molecule has 4 nitrogen and oxygen atoms in total. The Kier molecular flexibility index (Phi) is 2.18. The van der Waals surface area contributed by atoms with Gasteiger partial charge >= 0.3 is 0 Å². The highest BCUT2D eigenvalue weighted by molar-refractivity contribution is 5.81. The summed E-state index contributed by atoms with van der Waals surface area (Å²) >= 11 is 0. The molecule has 0 amide bonds. The molecular formula is C10H10N2O2. The van der Waals surface area contributed by atoms with E-state index in [-0.39, 0.29) is 0 Å². The summed E-state index contributed by atoms with van der Waals surface area (Å²) in [5, 5.41) is 0. The lowest BCUT2D eigenvalue weighted by Gasteiger charge is -1.98. The summed E-state index contributed by atoms with van der Waals surface area (Å²) in [5.41, 5.74) is 2.62. The number of pyridine rings is 1. The van der Waals surface area contributed by atoms with Gasteiger partial charge in [0.25, 0.3) is 0 Å². The molecule has 0 fully saturated rings. The summed E-state index contributed by atoms with van der Waals surface area (Å²) in [5.74, 6) is 0.559. The third kappa shape index (κ3) is 1.35. The van der Waals surface area contributed by atoms with Crippen LogP contribution >= 0.6 is 0 Å². The van der Waals surface area contributed by atoms with Gasteiger partial charge < -0.3 is 14.5 Å². The van der Waals surface area contributed by atoms with E-state index in [1.165, 1.54) is 0 Å². The molecule has 2 heterocycles. The summed E-state index contributed by atoms with van der Waals surface area (Å²) in [4.78, 5) is 17.7. The molecule has 0 aliphatic rings. The maximum absolute atomic E-state index is 10.4. The molecular weight excluding hydrogens is 180 g/mol. The van der Waals surface area contributed by atoms with Gasteiger partial charge in [-0.1, -0.05) is 0 Å². The average Bonchev–Trinajstić information content (AvgIpc) is 2.61. The Morgan fingerprint density at radius 3 is 3.14 bits per heavy atom. The third-order valence-corrected chi connectivity index (χ3v) is 2.09. The predicted octanol–water partition coefficient (Wildman–Crippen LogP) is 1.31. The van der Waals surface area contributed by atoms with Gasteiger partial charge in [-0.2, -0.15) is 0 Å². The number of carbonyl (C=O) groups is 1. The molecule has 4 heteroatoms. The molecule has 0 bridgehead atoms. The van der Waals surface area contributed by atoms with Gasteiger partial charge in [0.1, 0.15) is 6.29 Å². The van der Waals surface area contributed by atoms with E-state index in [4.69, 9.17) is 4.74 Å². The maximum atomic E-state index is 10.4. The normalized spacial score (nSPS) is 10.4. The second-order valence-electron chi connectivity index (χ2n) is 2.93. The van der Waals surface area contributed by atoms with Crippen molar-refractivity contribution in [3.8, 4) is 5.88 Å². The van der Waals surface area contributed by atoms with Crippen LogP contribution in [0.1, 0.15) is 5.56 Å². The minimum absolute atomic E-state index is 0.375. The fraction of sp³-hybridized carbons (Fsp3) is 0.200. The van der Waals surface area contributed by atoms with Crippen LogP contribution in [0, 0.1) is 0 Å². The summed E-state index contributed by atoms with van der Waals surface area (Å²) < 4.78 is 5.01. The van der Waals surface area contributed by atoms with Crippen LogP contribution in [0.4, 0.5) is 0 Å². The van der Waals surface area contributed by atoms with Gasteiger partial charge in [-0.15, -0.1) is 0 Å². The first-order valence-electron chi connectivity index (χ1n) is 4.30. The fourth-order valence-electron chi connectivity index (χ4n) is 1.39. The van der Waals surface area contributed by atoms with Crippen LogP contribution in [-0.4, -0.2) is 23.4 Å². The molecule has 0 saturated heterocycles. The molecule has 0 aromatic carbocycles. The van der Waals surface area contributed by atoms with E-state index in [0.717, 1.165) is 22.9 Å². The van der Waals surface area contributed by atoms with Crippen molar-refractivity contribution in [2.24, 2.45) is 0 Å². The molecule has 2 rings (SSSR count). The quantitative estimate of drug-likeness (QED) is 0.742. The molecule has 0 aliphatic carbocycles. The van der Waals surface area contributed by atoms with Gasteiger partial charge in [0.15, 0.2) is 0 Å². The van der Waals surface area contributed by atoms with Crippen LogP contribution in [0.15, 0.2) is 18.3 Å². The number of nitrogens with zero attached hydrogens (tertiary/aromatic N) is 1. The van der Waals surface area contributed by atoms with Gasteiger partial charge in [-0.25, -0.2) is 4.98 Å². The predicted molar refractivity (Wildman–Crippen MR) is 52.4 cm³/mol. The second-order valence-corrected chi connectivity index (χ2v) is 2.93. The fourth-order valence-corrected chi connectivity index (χ4v) is 1.39. The van der Waals surface area contributed by atoms with Crippen LogP contribution in [0.2, 0.25) is 0 Å². The van der Waals surface area contributed by atoms with Crippen LogP contribution in [-0.2, 0) is 11.2 Å². The standard InChI is InChI=1S/C10H10N2O2/c1-14-9-3-2-8-10(12-9)7(4-5-13)6-11-8/h2-3,5-6,11H,4H2,1H3. The number of rotatable bonds is 3. The molecule has 0 saturated carbocycles. The van der Waals surface area contributed by atoms with Crippen LogP contribution in [0.3, 0.4) is 0 Å². The maximum Gasteiger partial charge on any atom is 0.213 e. The molecule has 0 aliphatic heterocycles. The Morgan fingerprint density at radius 2 is 2.43 bits per heavy atom. The number of H-pyrrole nitrogens is 1. The van der Waals surface area contributed by atoms with Gasteiger partial charge in [0, 0.05) is 24.2 Å². The summed E-state index contributed by atoms with van der Waals surface area (Å²) in [7, 11) is 1.57. The number of hydrogen-bond acceptors (Lipinski definition) is 3. The summed E-state index contributed by atoms with van der Waals surface area (Å²) in [6.45, 7) is 0. The second kappa shape index (κ2) is 3.49. The zero-order chi connectivity index (χ0) is 9.97. The number of hydrogen-bond donors (Lipinski definition) is 1. The lowest BCUT2D eigenvalue weighted by molar-refractivity contribution is -0.107. The minimum atomic E-state index is 0.375. The zero-order valence-electron chi connectivity index (χ0n) is 7.78. The molecule has 0 spiro atoms. The number of aromatic nitrogens is 2. The Labute approximate surface area is 80.9 Å². The van der Waals surface area contributed by atoms with Crippen molar-refractivity contribution in [1.29, 1.82) is 0 Å². The monoisotopic (exact) mass is 190 g/mol. The van der Waals surface area contributed by atoms with Crippen LogP contribution in [0.25, 0.3) is 11.0 Å². The van der Waals surface area contributed by atoms with E-state index >= 15 is 0 Å². The molecule has 0 radical (unpaired) electrons. The Morgan fingerprint density at radius 1 is 1.57 bits per heavy atom. The zero-order valence-corrected chi connectivity index (χ0v) is 7.78. The van der Waals surface area contributed by atoms with Gasteiger partial charge in [-0.05, 0) is 6.07 Å². The number of aldehydes is 1. The molecule has 2 aromatic heterocycles. The number of methoxy groups -OCH3 is 1. The van der Waals surface area contributed by atoms with Crippen molar-refractivity contribution in [3.05, 3.63) is 23.9 Å². The van der Waals surface area contributed by atoms with E-state index in [0.29, 0.717) is 12.3 Å². The van der Waals surface area contributed by atoms with Crippen molar-refractivity contribution < 1.29 is 9.53 Å². The average molecular weight is 190 g/mol. The number of carbonyl (C=O) groups excluding carboxylic acids is 1. The molecule has 72 valence electrons. The highest BCUT2D eigenvalue weighted by atomic mass is 16.5. The molecule has 0 atom stereocenters. The first kappa shape index (κ1) is 8.74. The smallest absolute Gasteiger partial charge is 0.213 e. The highest BCUT2D eigenvalue weighted by Gasteiger charge is 2.05. The van der Waals surface area contributed by atoms with Gasteiger partial charge in [0.05, 0.1) is 18.1 Å². The van der Waals surface area contributed by atoms with E-state index in [1.807, 2.05) is 6.07 Å². The Hall–Kier alpha value is -1.84. The van der Waals surface area contributed by atoms with E-state index in [1.54, 1.807) is 19.4 Å². The topological polar surface area (TPSA) is 55.0 Å². The first-order valence-corrected chi connectivity index (χ1v) is 4.30. The highest BCUT2D eigenvalue weighted by Crippen LogP contribution is 2.19. The van der Waals surface area contributed by atoms with E-state index < -0.39 is 0 Å². The molecule has 0 unspecified atom stereocenters.